The topological polar surface area (TPSA) is 84.9 Å². The number of benzene rings is 1. The van der Waals surface area contributed by atoms with E-state index in [1.54, 1.807) is 0 Å². The van der Waals surface area contributed by atoms with Crippen molar-refractivity contribution in [1.82, 2.24) is 0 Å². The Morgan fingerprint density at radius 2 is 2.14 bits per heavy atom. The normalized spacial score (nSPS) is 17.2. The Hall–Kier alpha value is -1.44. The van der Waals surface area contributed by atoms with E-state index in [1.807, 2.05) is 0 Å². The van der Waals surface area contributed by atoms with Crippen molar-refractivity contribution in [1.29, 1.82) is 0 Å². The lowest BCUT2D eigenvalue weighted by molar-refractivity contribution is 0.0483. The number of carbonyl (C=O) groups is 1. The van der Waals surface area contributed by atoms with Gasteiger partial charge in [0.1, 0.15) is 11.3 Å². The Balaban J connectivity index is 2.13. The molecule has 1 aliphatic rings. The summed E-state index contributed by atoms with van der Waals surface area (Å²) in [5.41, 5.74) is 0.117. The number of hydrogen-bond acceptors (Lipinski definition) is 6. The Morgan fingerprint density at radius 1 is 1.43 bits per heavy atom. The van der Waals surface area contributed by atoms with Crippen molar-refractivity contribution >= 4 is 17.0 Å². The Kier molecular flexibility index (Phi) is 5.72. The third kappa shape index (κ3) is 4.26. The first-order valence-corrected chi connectivity index (χ1v) is 7.71. The number of carbonyl (C=O) groups excluding carboxylic acids is 1. The lowest BCUT2D eigenvalue weighted by Crippen LogP contribution is -2.22. The van der Waals surface area contributed by atoms with Crippen LogP contribution in [0.4, 0.5) is 0 Å². The van der Waals surface area contributed by atoms with Gasteiger partial charge in [-0.3, -0.25) is 4.21 Å². The summed E-state index contributed by atoms with van der Waals surface area (Å²) in [7, 11) is 1.24. The van der Waals surface area contributed by atoms with Crippen LogP contribution in [0.2, 0.25) is 0 Å². The van der Waals surface area contributed by atoms with Crippen LogP contribution in [0.5, 0.6) is 5.75 Å². The van der Waals surface area contributed by atoms with Crippen LogP contribution in [-0.2, 0) is 20.6 Å². The minimum absolute atomic E-state index is 0.0221. The highest BCUT2D eigenvalue weighted by Crippen LogP contribution is 2.24. The summed E-state index contributed by atoms with van der Waals surface area (Å²) in [6.45, 7) is 1.89. The first-order valence-electron chi connectivity index (χ1n) is 6.64. The zero-order valence-electron chi connectivity index (χ0n) is 11.7. The number of methoxy groups -OCH3 is 1. The molecule has 2 rings (SSSR count). The van der Waals surface area contributed by atoms with Gasteiger partial charge in [-0.2, -0.15) is 0 Å². The zero-order valence-corrected chi connectivity index (χ0v) is 12.5. The highest BCUT2D eigenvalue weighted by molar-refractivity contribution is 7.79. The molecule has 116 valence electrons. The SMILES string of the molecule is COC(=O)c1cc(S(=O)[O-])ccc1OCC1CCOCC1. The van der Waals surface area contributed by atoms with E-state index in [-0.39, 0.29) is 10.5 Å². The summed E-state index contributed by atoms with van der Waals surface area (Å²) in [6.07, 6.45) is 1.83. The molecule has 0 saturated carbocycles. The minimum atomic E-state index is -2.40. The summed E-state index contributed by atoms with van der Waals surface area (Å²) in [6, 6.07) is 4.14. The van der Waals surface area contributed by atoms with Crippen LogP contribution < -0.4 is 4.74 Å². The molecule has 21 heavy (non-hydrogen) atoms. The van der Waals surface area contributed by atoms with Crippen molar-refractivity contribution in [3.8, 4) is 5.75 Å². The summed E-state index contributed by atoms with van der Waals surface area (Å²) >= 11 is -2.40. The molecule has 1 heterocycles. The lowest BCUT2D eigenvalue weighted by Gasteiger charge is -2.22. The van der Waals surface area contributed by atoms with Crippen LogP contribution in [0.1, 0.15) is 23.2 Å². The van der Waals surface area contributed by atoms with Crippen LogP contribution in [0, 0.1) is 5.92 Å². The molecule has 1 fully saturated rings. The quantitative estimate of drug-likeness (QED) is 0.605. The molecular formula is C14H17O6S-. The van der Waals surface area contributed by atoms with E-state index in [0.29, 0.717) is 31.5 Å². The highest BCUT2D eigenvalue weighted by atomic mass is 32.2. The van der Waals surface area contributed by atoms with Gasteiger partial charge in [-0.1, -0.05) is 0 Å². The minimum Gasteiger partial charge on any atom is -0.768 e. The van der Waals surface area contributed by atoms with Crippen molar-refractivity contribution in [3.05, 3.63) is 23.8 Å². The monoisotopic (exact) mass is 313 g/mol. The molecule has 1 saturated heterocycles. The third-order valence-electron chi connectivity index (χ3n) is 3.36. The van der Waals surface area contributed by atoms with E-state index in [4.69, 9.17) is 9.47 Å². The van der Waals surface area contributed by atoms with Crippen LogP contribution in [-0.4, -0.2) is 41.7 Å². The molecule has 6 nitrogen and oxygen atoms in total. The van der Waals surface area contributed by atoms with Gasteiger partial charge in [0, 0.05) is 18.1 Å². The molecule has 0 radical (unpaired) electrons. The predicted octanol–water partition coefficient (Wildman–Crippen LogP) is 1.52. The fourth-order valence-corrected chi connectivity index (χ4v) is 2.52. The summed E-state index contributed by atoms with van der Waals surface area (Å²) in [5.74, 6) is 0.0874. The maximum absolute atomic E-state index is 11.7. The van der Waals surface area contributed by atoms with Gasteiger partial charge in [-0.05, 0) is 48.0 Å². The fraction of sp³-hybridized carbons (Fsp3) is 0.500. The van der Waals surface area contributed by atoms with E-state index >= 15 is 0 Å². The van der Waals surface area contributed by atoms with Gasteiger partial charge in [0.05, 0.1) is 13.7 Å². The van der Waals surface area contributed by atoms with E-state index < -0.39 is 17.0 Å². The van der Waals surface area contributed by atoms with E-state index in [2.05, 4.69) is 4.74 Å². The van der Waals surface area contributed by atoms with Crippen molar-refractivity contribution < 1.29 is 27.8 Å². The standard InChI is InChI=1S/C14H18O6S/c1-18-14(15)12-8-11(21(16)17)2-3-13(12)20-9-10-4-6-19-7-5-10/h2-3,8,10H,4-7,9H2,1H3,(H,16,17)/p-1. The molecule has 1 aromatic rings. The maximum atomic E-state index is 11.7. The summed E-state index contributed by atoms with van der Waals surface area (Å²) < 4.78 is 37.6. The molecule has 0 amide bonds. The predicted molar refractivity (Wildman–Crippen MR) is 74.0 cm³/mol. The maximum Gasteiger partial charge on any atom is 0.341 e. The molecule has 0 spiro atoms. The molecule has 1 aromatic carbocycles. The van der Waals surface area contributed by atoms with Crippen LogP contribution in [0.15, 0.2) is 23.1 Å². The molecule has 0 aliphatic carbocycles. The number of rotatable bonds is 5. The van der Waals surface area contributed by atoms with Gasteiger partial charge >= 0.3 is 5.97 Å². The van der Waals surface area contributed by atoms with Gasteiger partial charge < -0.3 is 18.8 Å². The average Bonchev–Trinajstić information content (AvgIpc) is 2.52. The fourth-order valence-electron chi connectivity index (χ4n) is 2.13. The molecule has 1 atom stereocenters. The number of hydrogen-bond donors (Lipinski definition) is 0. The van der Waals surface area contributed by atoms with Crippen molar-refractivity contribution in [2.24, 2.45) is 5.92 Å². The van der Waals surface area contributed by atoms with Gasteiger partial charge in [-0.15, -0.1) is 0 Å². The van der Waals surface area contributed by atoms with Gasteiger partial charge in [0.25, 0.3) is 0 Å². The first kappa shape index (κ1) is 15.9. The largest absolute Gasteiger partial charge is 0.768 e. The molecule has 0 bridgehead atoms. The molecule has 0 N–H and O–H groups in total. The smallest absolute Gasteiger partial charge is 0.341 e. The average molecular weight is 313 g/mol. The van der Waals surface area contributed by atoms with E-state index in [1.165, 1.54) is 25.3 Å². The number of esters is 1. The second-order valence-electron chi connectivity index (χ2n) is 4.75. The Labute approximate surface area is 125 Å². The van der Waals surface area contributed by atoms with Crippen LogP contribution >= 0.6 is 0 Å². The second kappa shape index (κ2) is 7.53. The highest BCUT2D eigenvalue weighted by Gasteiger charge is 2.18. The van der Waals surface area contributed by atoms with E-state index in [9.17, 15) is 13.6 Å². The lowest BCUT2D eigenvalue weighted by atomic mass is 10.0. The van der Waals surface area contributed by atoms with Crippen LogP contribution in [0.3, 0.4) is 0 Å². The molecule has 1 aliphatic heterocycles. The van der Waals surface area contributed by atoms with Gasteiger partial charge in [-0.25, -0.2) is 4.79 Å². The summed E-state index contributed by atoms with van der Waals surface area (Å²) in [4.78, 5) is 11.8. The van der Waals surface area contributed by atoms with E-state index in [0.717, 1.165) is 12.8 Å². The van der Waals surface area contributed by atoms with Crippen LogP contribution in [0.25, 0.3) is 0 Å². The third-order valence-corrected chi connectivity index (χ3v) is 4.00. The Morgan fingerprint density at radius 3 is 2.76 bits per heavy atom. The first-order chi connectivity index (χ1) is 10.1. The molecule has 1 unspecified atom stereocenters. The second-order valence-corrected chi connectivity index (χ2v) is 5.69. The zero-order chi connectivity index (χ0) is 15.2. The van der Waals surface area contributed by atoms with Crippen molar-refractivity contribution in [2.75, 3.05) is 26.9 Å². The van der Waals surface area contributed by atoms with Gasteiger partial charge in [0.15, 0.2) is 0 Å². The molecule has 0 aromatic heterocycles. The van der Waals surface area contributed by atoms with Crippen molar-refractivity contribution in [2.45, 2.75) is 17.7 Å². The number of ether oxygens (including phenoxy) is 3. The molecular weight excluding hydrogens is 296 g/mol. The van der Waals surface area contributed by atoms with Gasteiger partial charge in [0.2, 0.25) is 0 Å². The summed E-state index contributed by atoms with van der Waals surface area (Å²) in [5, 5.41) is 0. The van der Waals surface area contributed by atoms with Crippen molar-refractivity contribution in [3.63, 3.8) is 0 Å². The molecule has 7 heteroatoms. The Bertz CT molecular complexity index is 524.